The third-order valence-corrected chi connectivity index (χ3v) is 3.11. The number of alkyl halides is 3. The number of H-pyrrole nitrogens is 1. The standard InChI is InChI=1S/C15H19F3N4/c1-14(2,3)13-20-12(21-22-13)8-9-19-11-6-4-10(5-7-11)15(16,17)18/h4-7,19H,8-9H2,1-3H3,(H,20,21,22). The number of hydrogen-bond acceptors (Lipinski definition) is 3. The van der Waals surface area contributed by atoms with Gasteiger partial charge in [0.1, 0.15) is 5.82 Å². The molecule has 1 aromatic carbocycles. The number of halogens is 3. The Hall–Kier alpha value is -2.05. The predicted octanol–water partition coefficient (Wildman–Crippen LogP) is 3.78. The number of anilines is 1. The van der Waals surface area contributed by atoms with Gasteiger partial charge >= 0.3 is 6.18 Å². The second-order valence-electron chi connectivity index (χ2n) is 6.11. The Labute approximate surface area is 127 Å². The number of aromatic nitrogens is 3. The summed E-state index contributed by atoms with van der Waals surface area (Å²) in [6.07, 6.45) is -3.69. The van der Waals surface area contributed by atoms with E-state index in [1.54, 1.807) is 0 Å². The van der Waals surface area contributed by atoms with Crippen LogP contribution in [0.3, 0.4) is 0 Å². The molecule has 2 rings (SSSR count). The van der Waals surface area contributed by atoms with E-state index in [-0.39, 0.29) is 5.41 Å². The number of nitrogens with zero attached hydrogens (tertiary/aromatic N) is 2. The van der Waals surface area contributed by atoms with Crippen molar-refractivity contribution in [2.75, 3.05) is 11.9 Å². The lowest BCUT2D eigenvalue weighted by atomic mass is 9.96. The molecule has 0 aliphatic rings. The molecule has 0 saturated carbocycles. The van der Waals surface area contributed by atoms with Crippen LogP contribution < -0.4 is 5.32 Å². The lowest BCUT2D eigenvalue weighted by Gasteiger charge is -2.12. The van der Waals surface area contributed by atoms with E-state index in [2.05, 4.69) is 20.5 Å². The number of nitrogens with one attached hydrogen (secondary N) is 2. The van der Waals surface area contributed by atoms with Gasteiger partial charge in [-0.3, -0.25) is 5.10 Å². The molecule has 0 amide bonds. The maximum absolute atomic E-state index is 12.5. The van der Waals surface area contributed by atoms with Crippen LogP contribution in [-0.4, -0.2) is 21.7 Å². The second kappa shape index (κ2) is 5.98. The van der Waals surface area contributed by atoms with E-state index in [0.717, 1.165) is 23.8 Å². The van der Waals surface area contributed by atoms with Crippen LogP contribution in [0.15, 0.2) is 24.3 Å². The van der Waals surface area contributed by atoms with Crippen molar-refractivity contribution in [3.05, 3.63) is 41.5 Å². The quantitative estimate of drug-likeness (QED) is 0.903. The van der Waals surface area contributed by atoms with Crippen LogP contribution in [0.5, 0.6) is 0 Å². The summed E-state index contributed by atoms with van der Waals surface area (Å²) in [4.78, 5) is 4.40. The Morgan fingerprint density at radius 3 is 2.23 bits per heavy atom. The fraction of sp³-hybridized carbons (Fsp3) is 0.467. The molecular formula is C15H19F3N4. The van der Waals surface area contributed by atoms with Crippen LogP contribution >= 0.6 is 0 Å². The molecule has 0 bridgehead atoms. The van der Waals surface area contributed by atoms with Gasteiger partial charge < -0.3 is 5.32 Å². The van der Waals surface area contributed by atoms with Crippen molar-refractivity contribution in [2.24, 2.45) is 0 Å². The van der Waals surface area contributed by atoms with Gasteiger partial charge in [-0.1, -0.05) is 20.8 Å². The van der Waals surface area contributed by atoms with E-state index in [4.69, 9.17) is 0 Å². The van der Waals surface area contributed by atoms with E-state index in [9.17, 15) is 13.2 Å². The fourth-order valence-corrected chi connectivity index (χ4v) is 1.84. The molecule has 4 nitrogen and oxygen atoms in total. The van der Waals surface area contributed by atoms with Gasteiger partial charge in [0.25, 0.3) is 0 Å². The summed E-state index contributed by atoms with van der Waals surface area (Å²) in [7, 11) is 0. The van der Waals surface area contributed by atoms with Crippen LogP contribution in [0.25, 0.3) is 0 Å². The molecule has 0 saturated heterocycles. The second-order valence-corrected chi connectivity index (χ2v) is 6.11. The molecule has 0 aliphatic carbocycles. The predicted molar refractivity (Wildman–Crippen MR) is 78.7 cm³/mol. The lowest BCUT2D eigenvalue weighted by molar-refractivity contribution is -0.137. The number of aromatic amines is 1. The minimum Gasteiger partial charge on any atom is -0.385 e. The van der Waals surface area contributed by atoms with E-state index < -0.39 is 11.7 Å². The zero-order valence-corrected chi connectivity index (χ0v) is 12.8. The van der Waals surface area contributed by atoms with Crippen molar-refractivity contribution in [1.29, 1.82) is 0 Å². The highest BCUT2D eigenvalue weighted by Crippen LogP contribution is 2.29. The first-order valence-electron chi connectivity index (χ1n) is 6.99. The number of rotatable bonds is 4. The maximum atomic E-state index is 12.5. The number of hydrogen-bond donors (Lipinski definition) is 2. The Morgan fingerprint density at radius 1 is 1.09 bits per heavy atom. The van der Waals surface area contributed by atoms with Gasteiger partial charge in [-0.05, 0) is 24.3 Å². The van der Waals surface area contributed by atoms with E-state index in [1.165, 1.54) is 12.1 Å². The van der Waals surface area contributed by atoms with Gasteiger partial charge in [-0.2, -0.15) is 18.3 Å². The third kappa shape index (κ3) is 4.22. The Morgan fingerprint density at radius 2 is 1.73 bits per heavy atom. The highest BCUT2D eigenvalue weighted by atomic mass is 19.4. The topological polar surface area (TPSA) is 53.6 Å². The molecule has 22 heavy (non-hydrogen) atoms. The Balaban J connectivity index is 1.87. The Bertz CT molecular complexity index is 609. The SMILES string of the molecule is CC(C)(C)c1n[nH]c(CCNc2ccc(C(F)(F)F)cc2)n1. The fourth-order valence-electron chi connectivity index (χ4n) is 1.84. The summed E-state index contributed by atoms with van der Waals surface area (Å²) >= 11 is 0. The monoisotopic (exact) mass is 312 g/mol. The normalized spacial score (nSPS) is 12.5. The molecule has 1 aromatic heterocycles. The summed E-state index contributed by atoms with van der Waals surface area (Å²) in [5.41, 5.74) is -0.123. The molecule has 0 spiro atoms. The van der Waals surface area contributed by atoms with Crippen molar-refractivity contribution in [1.82, 2.24) is 15.2 Å². The zero-order chi connectivity index (χ0) is 16.4. The van der Waals surface area contributed by atoms with Crippen LogP contribution in [0.1, 0.15) is 38.0 Å². The highest BCUT2D eigenvalue weighted by Gasteiger charge is 2.29. The summed E-state index contributed by atoms with van der Waals surface area (Å²) in [5.74, 6) is 1.50. The largest absolute Gasteiger partial charge is 0.416 e. The average molecular weight is 312 g/mol. The molecule has 2 N–H and O–H groups in total. The minimum atomic E-state index is -4.30. The summed E-state index contributed by atoms with van der Waals surface area (Å²) in [6, 6.07) is 4.97. The molecule has 7 heteroatoms. The van der Waals surface area contributed by atoms with E-state index >= 15 is 0 Å². The first-order chi connectivity index (χ1) is 10.2. The summed E-state index contributed by atoms with van der Waals surface area (Å²) in [6.45, 7) is 6.64. The van der Waals surface area contributed by atoms with Gasteiger partial charge in [-0.25, -0.2) is 4.98 Å². The van der Waals surface area contributed by atoms with Crippen LogP contribution in [0.4, 0.5) is 18.9 Å². The molecule has 120 valence electrons. The molecule has 0 unspecified atom stereocenters. The van der Waals surface area contributed by atoms with Crippen molar-refractivity contribution in [2.45, 2.75) is 38.8 Å². The van der Waals surface area contributed by atoms with E-state index in [0.29, 0.717) is 18.7 Å². The summed E-state index contributed by atoms with van der Waals surface area (Å²) in [5, 5.41) is 10.1. The van der Waals surface area contributed by atoms with Crippen LogP contribution in [-0.2, 0) is 18.0 Å². The zero-order valence-electron chi connectivity index (χ0n) is 12.8. The third-order valence-electron chi connectivity index (χ3n) is 3.11. The summed E-state index contributed by atoms with van der Waals surface area (Å²) < 4.78 is 37.4. The van der Waals surface area contributed by atoms with Gasteiger partial charge in [0, 0.05) is 24.1 Å². The van der Waals surface area contributed by atoms with Crippen molar-refractivity contribution < 1.29 is 13.2 Å². The average Bonchev–Trinajstić information content (AvgIpc) is 2.87. The molecule has 0 aliphatic heterocycles. The first kappa shape index (κ1) is 16.3. The molecule has 0 atom stereocenters. The van der Waals surface area contributed by atoms with Gasteiger partial charge in [0.2, 0.25) is 0 Å². The Kier molecular flexibility index (Phi) is 4.44. The number of benzene rings is 1. The van der Waals surface area contributed by atoms with Crippen molar-refractivity contribution >= 4 is 5.69 Å². The van der Waals surface area contributed by atoms with Crippen LogP contribution in [0.2, 0.25) is 0 Å². The van der Waals surface area contributed by atoms with Gasteiger partial charge in [0.05, 0.1) is 5.56 Å². The maximum Gasteiger partial charge on any atom is 0.416 e. The first-order valence-corrected chi connectivity index (χ1v) is 6.99. The molecule has 0 radical (unpaired) electrons. The molecule has 0 fully saturated rings. The smallest absolute Gasteiger partial charge is 0.385 e. The van der Waals surface area contributed by atoms with Gasteiger partial charge in [0.15, 0.2) is 5.82 Å². The van der Waals surface area contributed by atoms with E-state index in [1.807, 2.05) is 20.8 Å². The molecule has 2 aromatic rings. The van der Waals surface area contributed by atoms with Crippen molar-refractivity contribution in [3.63, 3.8) is 0 Å². The van der Waals surface area contributed by atoms with Crippen LogP contribution in [0, 0.1) is 0 Å². The van der Waals surface area contributed by atoms with Gasteiger partial charge in [-0.15, -0.1) is 0 Å². The molecular weight excluding hydrogens is 293 g/mol. The minimum absolute atomic E-state index is 0.115. The highest BCUT2D eigenvalue weighted by molar-refractivity contribution is 5.45. The molecule has 1 heterocycles. The lowest BCUT2D eigenvalue weighted by Crippen LogP contribution is -2.13. The van der Waals surface area contributed by atoms with Crippen molar-refractivity contribution in [3.8, 4) is 0 Å².